The van der Waals surface area contributed by atoms with Gasteiger partial charge in [-0.05, 0) is 82.9 Å². The van der Waals surface area contributed by atoms with E-state index in [1.54, 1.807) is 0 Å². The van der Waals surface area contributed by atoms with Gasteiger partial charge >= 0.3 is 0 Å². The largest absolute Gasteiger partial charge is 0.0731 e. The van der Waals surface area contributed by atoms with E-state index in [4.69, 9.17) is 0 Å². The fourth-order valence-electron chi connectivity index (χ4n) is 7.52. The van der Waals surface area contributed by atoms with Gasteiger partial charge in [0.1, 0.15) is 0 Å². The van der Waals surface area contributed by atoms with Crippen LogP contribution in [0.15, 0.2) is 120 Å². The van der Waals surface area contributed by atoms with Gasteiger partial charge in [0.15, 0.2) is 0 Å². The van der Waals surface area contributed by atoms with Gasteiger partial charge in [0.05, 0.1) is 5.41 Å². The molecule has 2 aliphatic rings. The Bertz CT molecular complexity index is 2020. The van der Waals surface area contributed by atoms with Crippen LogP contribution in [-0.4, -0.2) is 0 Å². The molecule has 36 heavy (non-hydrogen) atoms. The highest BCUT2D eigenvalue weighted by Crippen LogP contribution is 2.65. The number of halogens is 1. The predicted molar refractivity (Wildman–Crippen MR) is 154 cm³/mol. The summed E-state index contributed by atoms with van der Waals surface area (Å²) in [4.78, 5) is 0. The summed E-state index contributed by atoms with van der Waals surface area (Å²) in [6.45, 7) is 0. The second kappa shape index (κ2) is 6.43. The maximum atomic E-state index is 3.91. The zero-order valence-electron chi connectivity index (χ0n) is 19.3. The summed E-state index contributed by atoms with van der Waals surface area (Å²) in [5, 5.41) is 8.02. The summed E-state index contributed by atoms with van der Waals surface area (Å²) in [7, 11) is 0. The second-order valence-electron chi connectivity index (χ2n) is 10.1. The molecule has 0 bridgehead atoms. The summed E-state index contributed by atoms with van der Waals surface area (Å²) < 4.78 is 1.16. The van der Waals surface area contributed by atoms with Crippen LogP contribution < -0.4 is 0 Å². The molecule has 1 heteroatoms. The third kappa shape index (κ3) is 1.99. The average molecular weight is 519 g/mol. The van der Waals surface area contributed by atoms with Crippen molar-refractivity contribution < 1.29 is 0 Å². The van der Waals surface area contributed by atoms with Crippen LogP contribution in [0, 0.1) is 0 Å². The maximum Gasteiger partial charge on any atom is 0.0731 e. The van der Waals surface area contributed by atoms with E-state index in [1.807, 2.05) is 0 Å². The molecule has 2 aliphatic carbocycles. The summed E-state index contributed by atoms with van der Waals surface area (Å²) in [6, 6.07) is 43.2. The van der Waals surface area contributed by atoms with E-state index < -0.39 is 0 Å². The Labute approximate surface area is 217 Å². The molecule has 0 saturated heterocycles. The van der Waals surface area contributed by atoms with Crippen molar-refractivity contribution in [2.24, 2.45) is 0 Å². The first-order chi connectivity index (χ1) is 17.8. The van der Waals surface area contributed by atoms with E-state index in [1.165, 1.54) is 76.8 Å². The van der Waals surface area contributed by atoms with Crippen molar-refractivity contribution in [1.82, 2.24) is 0 Å². The summed E-state index contributed by atoms with van der Waals surface area (Å²) in [5.74, 6) is 0. The van der Waals surface area contributed by atoms with Crippen molar-refractivity contribution >= 4 is 48.2 Å². The molecule has 7 aromatic carbocycles. The van der Waals surface area contributed by atoms with Crippen LogP contribution in [0.1, 0.15) is 22.3 Å². The molecule has 0 heterocycles. The molecule has 0 amide bonds. The molecule has 1 spiro atoms. The SMILES string of the molecule is Brc1cc2cccc3c4c(c5cccc1c5c23)C1(c2ccccc2-c2ccccc21)c1ccccc1-4. The average Bonchev–Trinajstić information content (AvgIpc) is 3.41. The minimum atomic E-state index is -0.338. The lowest BCUT2D eigenvalue weighted by atomic mass is 9.69. The first-order valence-electron chi connectivity index (χ1n) is 12.5. The van der Waals surface area contributed by atoms with Gasteiger partial charge in [-0.2, -0.15) is 0 Å². The molecule has 0 aliphatic heterocycles. The number of hydrogen-bond donors (Lipinski definition) is 0. The van der Waals surface area contributed by atoms with Gasteiger partial charge in [-0.1, -0.05) is 125 Å². The zero-order valence-corrected chi connectivity index (χ0v) is 20.9. The van der Waals surface area contributed by atoms with E-state index >= 15 is 0 Å². The standard InChI is InChI=1S/C35H19Br/c36-30-19-20-9-7-14-25-31(20)32-24(30)13-8-15-26(32)34-33(25)23-12-3-6-18-29(23)35(34)27-16-4-1-10-21(27)22-11-2-5-17-28(22)35/h1-19H. The van der Waals surface area contributed by atoms with Crippen molar-refractivity contribution in [3.8, 4) is 22.3 Å². The fourth-order valence-corrected chi connectivity index (χ4v) is 8.09. The lowest BCUT2D eigenvalue weighted by molar-refractivity contribution is 0.802. The van der Waals surface area contributed by atoms with E-state index in [0.29, 0.717) is 0 Å². The lowest BCUT2D eigenvalue weighted by Gasteiger charge is -2.32. The first kappa shape index (κ1) is 19.3. The molecular formula is C35H19Br. The Kier molecular flexibility index (Phi) is 3.44. The quantitative estimate of drug-likeness (QED) is 0.175. The molecular weight excluding hydrogens is 500 g/mol. The van der Waals surface area contributed by atoms with Crippen LogP contribution in [0.3, 0.4) is 0 Å². The number of hydrogen-bond acceptors (Lipinski definition) is 0. The van der Waals surface area contributed by atoms with Crippen molar-refractivity contribution in [2.45, 2.75) is 5.41 Å². The molecule has 0 saturated carbocycles. The van der Waals surface area contributed by atoms with Gasteiger partial charge in [0.2, 0.25) is 0 Å². The Morgan fingerprint density at radius 2 is 1.03 bits per heavy atom. The maximum absolute atomic E-state index is 3.91. The zero-order chi connectivity index (χ0) is 23.6. The van der Waals surface area contributed by atoms with Gasteiger partial charge in [-0.15, -0.1) is 0 Å². The van der Waals surface area contributed by atoms with Crippen LogP contribution in [0.4, 0.5) is 0 Å². The highest BCUT2D eigenvalue weighted by Gasteiger charge is 2.52. The Morgan fingerprint density at radius 1 is 0.472 bits per heavy atom. The summed E-state index contributed by atoms with van der Waals surface area (Å²) in [6.07, 6.45) is 0. The number of rotatable bonds is 0. The molecule has 7 aromatic rings. The predicted octanol–water partition coefficient (Wildman–Crippen LogP) is 9.69. The van der Waals surface area contributed by atoms with E-state index in [-0.39, 0.29) is 5.41 Å². The minimum Gasteiger partial charge on any atom is -0.0619 e. The van der Waals surface area contributed by atoms with Gasteiger partial charge in [-0.3, -0.25) is 0 Å². The van der Waals surface area contributed by atoms with Gasteiger partial charge in [0.25, 0.3) is 0 Å². The van der Waals surface area contributed by atoms with Crippen molar-refractivity contribution in [3.63, 3.8) is 0 Å². The van der Waals surface area contributed by atoms with E-state index in [9.17, 15) is 0 Å². The highest BCUT2D eigenvalue weighted by atomic mass is 79.9. The third-order valence-corrected chi connectivity index (χ3v) is 9.32. The Balaban J connectivity index is 1.65. The van der Waals surface area contributed by atoms with Crippen LogP contribution in [0.25, 0.3) is 54.6 Å². The molecule has 0 N–H and O–H groups in total. The van der Waals surface area contributed by atoms with Crippen molar-refractivity contribution in [2.75, 3.05) is 0 Å². The van der Waals surface area contributed by atoms with Crippen LogP contribution in [0.5, 0.6) is 0 Å². The van der Waals surface area contributed by atoms with Crippen LogP contribution in [0.2, 0.25) is 0 Å². The fraction of sp³-hybridized carbons (Fsp3) is 0.0286. The lowest BCUT2D eigenvalue weighted by Crippen LogP contribution is -2.26. The Morgan fingerprint density at radius 3 is 1.75 bits per heavy atom. The molecule has 0 nitrogen and oxygen atoms in total. The number of fused-ring (bicyclic) bond motifs is 12. The van der Waals surface area contributed by atoms with E-state index in [2.05, 4.69) is 131 Å². The summed E-state index contributed by atoms with van der Waals surface area (Å²) in [5.41, 5.74) is 10.7. The Hall–Kier alpha value is -3.94. The topological polar surface area (TPSA) is 0 Å². The highest BCUT2D eigenvalue weighted by molar-refractivity contribution is 9.10. The van der Waals surface area contributed by atoms with Gasteiger partial charge in [-0.25, -0.2) is 0 Å². The van der Waals surface area contributed by atoms with Crippen molar-refractivity contribution in [1.29, 1.82) is 0 Å². The molecule has 0 fully saturated rings. The monoisotopic (exact) mass is 518 g/mol. The molecule has 0 aromatic heterocycles. The van der Waals surface area contributed by atoms with E-state index in [0.717, 1.165) is 4.47 Å². The molecule has 0 atom stereocenters. The second-order valence-corrected chi connectivity index (χ2v) is 11.0. The molecule has 9 rings (SSSR count). The molecule has 0 radical (unpaired) electrons. The molecule has 166 valence electrons. The van der Waals surface area contributed by atoms with Gasteiger partial charge in [0, 0.05) is 4.47 Å². The van der Waals surface area contributed by atoms with Crippen LogP contribution in [-0.2, 0) is 5.41 Å². The van der Waals surface area contributed by atoms with Crippen LogP contribution >= 0.6 is 15.9 Å². The first-order valence-corrected chi connectivity index (χ1v) is 13.3. The van der Waals surface area contributed by atoms with Gasteiger partial charge < -0.3 is 0 Å². The normalized spacial score (nSPS) is 14.5. The smallest absolute Gasteiger partial charge is 0.0619 e. The number of benzene rings is 7. The minimum absolute atomic E-state index is 0.338. The third-order valence-electron chi connectivity index (χ3n) is 8.67. The van der Waals surface area contributed by atoms with Crippen molar-refractivity contribution in [3.05, 3.63) is 142 Å². The molecule has 0 unspecified atom stereocenters. The summed E-state index contributed by atoms with van der Waals surface area (Å²) >= 11 is 3.91.